The van der Waals surface area contributed by atoms with E-state index in [1.54, 1.807) is 0 Å². The highest BCUT2D eigenvalue weighted by molar-refractivity contribution is 8.76. The van der Waals surface area contributed by atoms with Crippen molar-refractivity contribution in [2.24, 2.45) is 0 Å². The molecule has 0 unspecified atom stereocenters. The molecule has 4 heteroatoms. The van der Waals surface area contributed by atoms with Gasteiger partial charge in [0.1, 0.15) is 11.5 Å². The number of phenolic OH excluding ortho intramolecular Hbond substituents is 2. The van der Waals surface area contributed by atoms with Crippen LogP contribution in [0.3, 0.4) is 0 Å². The molecule has 0 saturated heterocycles. The van der Waals surface area contributed by atoms with Crippen molar-refractivity contribution in [3.63, 3.8) is 0 Å². The van der Waals surface area contributed by atoms with Crippen LogP contribution in [0.1, 0.15) is 257 Å². The molecular formula is C52H90O2S2. The number of phenols is 2. The first kappa shape index (κ1) is 50.9. The van der Waals surface area contributed by atoms with Gasteiger partial charge in [0.2, 0.25) is 0 Å². The third-order valence-corrected chi connectivity index (χ3v) is 15.4. The maximum atomic E-state index is 11.3. The van der Waals surface area contributed by atoms with Crippen LogP contribution in [0.5, 0.6) is 11.5 Å². The van der Waals surface area contributed by atoms with Crippen LogP contribution in [0, 0.1) is 0 Å². The van der Waals surface area contributed by atoms with Gasteiger partial charge in [-0.2, -0.15) is 0 Å². The lowest BCUT2D eigenvalue weighted by molar-refractivity contribution is 0.426. The lowest BCUT2D eigenvalue weighted by atomic mass is 9.81. The summed E-state index contributed by atoms with van der Waals surface area (Å²) in [6.45, 7) is 18.0. The van der Waals surface area contributed by atoms with E-state index >= 15 is 0 Å². The average molecular weight is 811 g/mol. The van der Waals surface area contributed by atoms with E-state index in [1.165, 1.54) is 188 Å². The number of benzene rings is 2. The molecule has 0 aliphatic carbocycles. The van der Waals surface area contributed by atoms with Gasteiger partial charge in [-0.25, -0.2) is 0 Å². The maximum Gasteiger partial charge on any atom is 0.119 e. The summed E-state index contributed by atoms with van der Waals surface area (Å²) in [7, 11) is 3.74. The molecule has 0 aliphatic heterocycles. The van der Waals surface area contributed by atoms with Crippen molar-refractivity contribution in [1.82, 2.24) is 0 Å². The Morgan fingerprint density at radius 1 is 0.375 bits per heavy atom. The van der Waals surface area contributed by atoms with Gasteiger partial charge in [0.15, 0.2) is 0 Å². The fraction of sp³-hybridized carbons (Fsp3) is 0.769. The van der Waals surface area contributed by atoms with Crippen molar-refractivity contribution in [1.29, 1.82) is 0 Å². The molecule has 0 heterocycles. The normalized spacial score (nSPS) is 12.2. The van der Waals surface area contributed by atoms with Gasteiger partial charge in [-0.3, -0.25) is 0 Å². The highest BCUT2D eigenvalue weighted by Crippen LogP contribution is 2.47. The maximum absolute atomic E-state index is 11.3. The van der Waals surface area contributed by atoms with Gasteiger partial charge in [0.05, 0.1) is 0 Å². The highest BCUT2D eigenvalue weighted by atomic mass is 33.1. The third-order valence-electron chi connectivity index (χ3n) is 12.9. The molecule has 0 bridgehead atoms. The molecule has 56 heavy (non-hydrogen) atoms. The fourth-order valence-electron chi connectivity index (χ4n) is 7.99. The minimum atomic E-state index is -0.0889. The molecule has 0 radical (unpaired) electrons. The first-order chi connectivity index (χ1) is 27.0. The van der Waals surface area contributed by atoms with Gasteiger partial charge >= 0.3 is 0 Å². The van der Waals surface area contributed by atoms with Crippen LogP contribution in [-0.4, -0.2) is 10.2 Å². The number of hydrogen-bond acceptors (Lipinski definition) is 4. The van der Waals surface area contributed by atoms with Gasteiger partial charge < -0.3 is 10.2 Å². The second kappa shape index (κ2) is 29.9. The predicted octanol–water partition coefficient (Wildman–Crippen LogP) is 18.5. The van der Waals surface area contributed by atoms with Gasteiger partial charge in [-0.15, -0.1) is 0 Å². The minimum Gasteiger partial charge on any atom is -0.508 e. The van der Waals surface area contributed by atoms with E-state index in [2.05, 4.69) is 79.7 Å². The number of rotatable bonds is 35. The second-order valence-corrected chi connectivity index (χ2v) is 20.8. The van der Waals surface area contributed by atoms with E-state index in [1.807, 2.05) is 21.6 Å². The second-order valence-electron chi connectivity index (χ2n) is 18.6. The first-order valence-corrected chi connectivity index (χ1v) is 26.2. The predicted molar refractivity (Wildman–Crippen MR) is 253 cm³/mol. The van der Waals surface area contributed by atoms with Gasteiger partial charge in [-0.1, -0.05) is 231 Å². The van der Waals surface area contributed by atoms with Crippen LogP contribution in [0.15, 0.2) is 34.1 Å². The van der Waals surface area contributed by atoms with Crippen molar-refractivity contribution in [2.45, 2.75) is 269 Å². The smallest absolute Gasteiger partial charge is 0.119 e. The average Bonchev–Trinajstić information content (AvgIpc) is 3.18. The van der Waals surface area contributed by atoms with E-state index in [9.17, 15) is 10.2 Å². The molecule has 0 saturated carbocycles. The van der Waals surface area contributed by atoms with E-state index in [4.69, 9.17) is 0 Å². The van der Waals surface area contributed by atoms with Crippen molar-refractivity contribution in [3.05, 3.63) is 46.5 Å². The SMILES string of the molecule is CCCCCCCCCCCCCCCc1cc(O)c(C(C)(C)CC)cc1SSc1cc(C(C)(C)CC)c(O)cc1CCCCCCCCCCCCCCC. The molecule has 2 rings (SSSR count). The Bertz CT molecular complexity index is 1200. The number of aryl methyl sites for hydroxylation is 2. The zero-order chi connectivity index (χ0) is 41.1. The molecule has 2 aromatic carbocycles. The molecule has 0 amide bonds. The van der Waals surface area contributed by atoms with Crippen LogP contribution in [0.2, 0.25) is 0 Å². The Kier molecular flexibility index (Phi) is 27.1. The summed E-state index contributed by atoms with van der Waals surface area (Å²) in [6.07, 6.45) is 39.3. The highest BCUT2D eigenvalue weighted by Gasteiger charge is 2.26. The lowest BCUT2D eigenvalue weighted by Gasteiger charge is -2.27. The largest absolute Gasteiger partial charge is 0.508 e. The summed E-state index contributed by atoms with van der Waals surface area (Å²) in [5, 5.41) is 22.6. The van der Waals surface area contributed by atoms with Crippen LogP contribution in [-0.2, 0) is 23.7 Å². The summed E-state index contributed by atoms with van der Waals surface area (Å²) in [6, 6.07) is 8.79. The van der Waals surface area contributed by atoms with Crippen molar-refractivity contribution in [2.75, 3.05) is 0 Å². The Morgan fingerprint density at radius 2 is 0.625 bits per heavy atom. The molecular weight excluding hydrogens is 721 g/mol. The first-order valence-electron chi connectivity index (χ1n) is 24.1. The number of unbranched alkanes of at least 4 members (excludes halogenated alkanes) is 24. The van der Waals surface area contributed by atoms with E-state index in [0.717, 1.165) is 36.8 Å². The van der Waals surface area contributed by atoms with Crippen molar-refractivity contribution >= 4 is 21.6 Å². The fourth-order valence-corrected chi connectivity index (χ4v) is 10.5. The minimum absolute atomic E-state index is 0.0889. The molecule has 0 atom stereocenters. The Labute approximate surface area is 356 Å². The Hall–Kier alpha value is -1.26. The van der Waals surface area contributed by atoms with E-state index in [-0.39, 0.29) is 10.8 Å². The Balaban J connectivity index is 2.04. The number of hydrogen-bond donors (Lipinski definition) is 2. The Morgan fingerprint density at radius 3 is 0.875 bits per heavy atom. The molecule has 0 spiro atoms. The summed E-state index contributed by atoms with van der Waals surface area (Å²) in [5.74, 6) is 0.909. The molecule has 0 aromatic heterocycles. The van der Waals surface area contributed by atoms with Crippen molar-refractivity contribution in [3.8, 4) is 11.5 Å². The molecule has 322 valence electrons. The van der Waals surface area contributed by atoms with Crippen LogP contribution >= 0.6 is 21.6 Å². The summed E-state index contributed by atoms with van der Waals surface area (Å²) in [5.41, 5.74) is 4.50. The standard InChI is InChI=1S/C52H90O2S2/c1-9-13-15-17-19-21-23-25-27-29-31-33-35-37-43-39-47(53)45(51(5,6)11-3)41-49(43)55-56-50-42-46(52(7,8)12-4)48(54)40-44(50)38-36-34-32-30-28-26-24-22-20-18-16-14-10-2/h39-42,53-54H,9-38H2,1-8H3. The van der Waals surface area contributed by atoms with Gasteiger partial charge in [0, 0.05) is 20.9 Å². The quantitative estimate of drug-likeness (QED) is 0.0537. The summed E-state index contributed by atoms with van der Waals surface area (Å²) >= 11 is 0. The molecule has 0 fully saturated rings. The summed E-state index contributed by atoms with van der Waals surface area (Å²) < 4.78 is 0. The zero-order valence-electron chi connectivity index (χ0n) is 38.2. The van der Waals surface area contributed by atoms with Crippen LogP contribution in [0.4, 0.5) is 0 Å². The van der Waals surface area contributed by atoms with E-state index in [0.29, 0.717) is 11.5 Å². The number of aromatic hydroxyl groups is 2. The zero-order valence-corrected chi connectivity index (χ0v) is 39.9. The molecule has 0 aliphatic rings. The van der Waals surface area contributed by atoms with E-state index < -0.39 is 0 Å². The van der Waals surface area contributed by atoms with Gasteiger partial charge in [-0.05, 0) is 84.7 Å². The molecule has 2 aromatic rings. The lowest BCUT2D eigenvalue weighted by Crippen LogP contribution is -2.16. The van der Waals surface area contributed by atoms with Crippen LogP contribution in [0.25, 0.3) is 0 Å². The van der Waals surface area contributed by atoms with Gasteiger partial charge in [0.25, 0.3) is 0 Å². The third kappa shape index (κ3) is 20.1. The monoisotopic (exact) mass is 811 g/mol. The topological polar surface area (TPSA) is 40.5 Å². The molecule has 2 nitrogen and oxygen atoms in total. The molecule has 2 N–H and O–H groups in total. The van der Waals surface area contributed by atoms with Crippen LogP contribution < -0.4 is 0 Å². The van der Waals surface area contributed by atoms with Crippen molar-refractivity contribution < 1.29 is 10.2 Å². The summed E-state index contributed by atoms with van der Waals surface area (Å²) in [4.78, 5) is 2.58.